The molecule has 3 N–H and O–H groups in total. The fraction of sp³-hybridized carbons (Fsp3) is 0.727. The quantitative estimate of drug-likeness (QED) is 0.665. The van der Waals surface area contributed by atoms with Crippen LogP contribution in [-0.2, 0) is 0 Å². The number of hydrogen-bond acceptors (Lipinski definition) is 5. The molecule has 17 heavy (non-hydrogen) atoms. The average molecular weight is 255 g/mol. The third kappa shape index (κ3) is 4.12. The molecule has 6 heteroatoms. The van der Waals surface area contributed by atoms with Gasteiger partial charge in [-0.3, -0.25) is 15.8 Å². The molecule has 1 aliphatic heterocycles. The summed E-state index contributed by atoms with van der Waals surface area (Å²) in [6.45, 7) is 6.41. The Balaban J connectivity index is 2.09. The molecule has 2 rings (SSSR count). The lowest BCUT2D eigenvalue weighted by Crippen LogP contribution is -2.54. The first-order valence-electron chi connectivity index (χ1n) is 5.91. The fourth-order valence-corrected chi connectivity index (χ4v) is 1.84. The van der Waals surface area contributed by atoms with Crippen molar-refractivity contribution in [1.29, 1.82) is 0 Å². The highest BCUT2D eigenvalue weighted by Crippen LogP contribution is 2.24. The van der Waals surface area contributed by atoms with Gasteiger partial charge < -0.3 is 5.32 Å². The Morgan fingerprint density at radius 3 is 2.65 bits per heavy atom. The summed E-state index contributed by atoms with van der Waals surface area (Å²) in [5.74, 6) is 1.90. The molecule has 1 saturated carbocycles. The van der Waals surface area contributed by atoms with Gasteiger partial charge in [-0.15, -0.1) is 0 Å². The van der Waals surface area contributed by atoms with E-state index in [1.165, 1.54) is 12.8 Å². The maximum atomic E-state index is 4.62. The predicted octanol–water partition coefficient (Wildman–Crippen LogP) is 1.38. The van der Waals surface area contributed by atoms with Crippen molar-refractivity contribution in [2.45, 2.75) is 45.2 Å². The van der Waals surface area contributed by atoms with Gasteiger partial charge in [0, 0.05) is 17.9 Å². The summed E-state index contributed by atoms with van der Waals surface area (Å²) in [6, 6.07) is 0.520. The minimum absolute atomic E-state index is 0.0327. The number of hydrogen-bond donors (Lipinski definition) is 3. The minimum Gasteiger partial charge on any atom is -0.366 e. The Kier molecular flexibility index (Phi) is 3.53. The number of nitrogens with one attached hydrogen (secondary N) is 3. The summed E-state index contributed by atoms with van der Waals surface area (Å²) in [6.07, 6.45) is 6.46. The van der Waals surface area contributed by atoms with Gasteiger partial charge in [0.05, 0.1) is 6.04 Å². The number of nitrogens with zero attached hydrogens (tertiary/aromatic N) is 2. The molecule has 96 valence electrons. The van der Waals surface area contributed by atoms with Crippen molar-refractivity contribution >= 4 is 17.8 Å². The van der Waals surface area contributed by atoms with Crippen LogP contribution in [0.4, 0.5) is 0 Å². The Morgan fingerprint density at radius 1 is 1.41 bits per heavy atom. The fourth-order valence-electron chi connectivity index (χ4n) is 1.47. The minimum atomic E-state index is 0.0327. The van der Waals surface area contributed by atoms with Gasteiger partial charge >= 0.3 is 0 Å². The molecule has 0 aromatic carbocycles. The number of aliphatic imine (C=N–C) groups is 1. The van der Waals surface area contributed by atoms with Crippen LogP contribution in [-0.4, -0.2) is 28.2 Å². The van der Waals surface area contributed by atoms with Crippen LogP contribution in [0.3, 0.4) is 0 Å². The monoisotopic (exact) mass is 255 g/mol. The van der Waals surface area contributed by atoms with Crippen molar-refractivity contribution in [3.63, 3.8) is 0 Å². The third-order valence-corrected chi connectivity index (χ3v) is 2.83. The van der Waals surface area contributed by atoms with Crippen LogP contribution in [0.1, 0.15) is 33.6 Å². The molecular formula is C11H21N5S. The van der Waals surface area contributed by atoms with E-state index in [9.17, 15) is 0 Å². The topological polar surface area (TPSA) is 51.7 Å². The van der Waals surface area contributed by atoms with Crippen LogP contribution in [0.2, 0.25) is 0 Å². The summed E-state index contributed by atoms with van der Waals surface area (Å²) in [7, 11) is 0. The third-order valence-electron chi connectivity index (χ3n) is 2.28. The molecule has 1 fully saturated rings. The molecule has 1 aliphatic carbocycles. The second kappa shape index (κ2) is 4.78. The van der Waals surface area contributed by atoms with E-state index in [1.807, 2.05) is 16.9 Å². The molecule has 0 saturated heterocycles. The van der Waals surface area contributed by atoms with E-state index >= 15 is 0 Å². The zero-order valence-corrected chi connectivity index (χ0v) is 11.7. The van der Waals surface area contributed by atoms with E-state index in [4.69, 9.17) is 0 Å². The predicted molar refractivity (Wildman–Crippen MR) is 73.1 cm³/mol. The number of hydrazine groups is 2. The van der Waals surface area contributed by atoms with Crippen molar-refractivity contribution in [3.05, 3.63) is 11.9 Å². The highest BCUT2D eigenvalue weighted by molar-refractivity contribution is 7.96. The van der Waals surface area contributed by atoms with Crippen LogP contribution in [0.15, 0.2) is 16.9 Å². The molecule has 0 aromatic heterocycles. The Hall–Kier alpha value is -0.880. The van der Waals surface area contributed by atoms with Crippen molar-refractivity contribution in [2.75, 3.05) is 6.26 Å². The Morgan fingerprint density at radius 2 is 2.12 bits per heavy atom. The summed E-state index contributed by atoms with van der Waals surface area (Å²) >= 11 is 1.58. The van der Waals surface area contributed by atoms with E-state index < -0.39 is 0 Å². The molecule has 0 aromatic rings. The van der Waals surface area contributed by atoms with Gasteiger partial charge in [-0.2, -0.15) is 0 Å². The summed E-state index contributed by atoms with van der Waals surface area (Å²) in [4.78, 5) is 4.62. The van der Waals surface area contributed by atoms with Crippen LogP contribution < -0.4 is 16.2 Å². The highest BCUT2D eigenvalue weighted by atomic mass is 32.2. The molecule has 0 amide bonds. The first-order valence-corrected chi connectivity index (χ1v) is 7.10. The van der Waals surface area contributed by atoms with Gasteiger partial charge in [0.2, 0.25) is 0 Å². The van der Waals surface area contributed by atoms with Gasteiger partial charge in [0.25, 0.3) is 0 Å². The molecule has 2 aliphatic rings. The zero-order chi connectivity index (χ0) is 12.5. The average Bonchev–Trinajstić information content (AvgIpc) is 2.98. The van der Waals surface area contributed by atoms with Gasteiger partial charge in [-0.05, 0) is 45.6 Å². The van der Waals surface area contributed by atoms with Crippen molar-refractivity contribution in [1.82, 2.24) is 20.7 Å². The van der Waals surface area contributed by atoms with Crippen LogP contribution in [0.25, 0.3) is 0 Å². The maximum Gasteiger partial charge on any atom is 0.141 e. The number of amidine groups is 1. The van der Waals surface area contributed by atoms with Gasteiger partial charge in [-0.1, -0.05) is 4.52 Å². The van der Waals surface area contributed by atoms with Crippen molar-refractivity contribution in [3.8, 4) is 0 Å². The second-order valence-corrected chi connectivity index (χ2v) is 6.11. The van der Waals surface area contributed by atoms with Gasteiger partial charge in [-0.25, -0.2) is 0 Å². The van der Waals surface area contributed by atoms with Crippen molar-refractivity contribution < 1.29 is 0 Å². The standard InChI is InChI=1S/C11H21N5S/c1-11(2,3)13-10-7-9(12-8-5-6-8)14-16(15-10)17-4/h7-8,13,15H,5-6H2,1-4H3,(H,12,14). The lowest BCUT2D eigenvalue weighted by Gasteiger charge is -2.33. The van der Waals surface area contributed by atoms with E-state index in [2.05, 4.69) is 41.9 Å². The van der Waals surface area contributed by atoms with E-state index in [0.717, 1.165) is 11.7 Å². The molecule has 5 nitrogen and oxygen atoms in total. The largest absolute Gasteiger partial charge is 0.366 e. The second-order valence-electron chi connectivity index (χ2n) is 5.38. The maximum absolute atomic E-state index is 4.62. The molecule has 0 radical (unpaired) electrons. The first-order chi connectivity index (χ1) is 7.96. The number of rotatable bonds is 3. The summed E-state index contributed by atoms with van der Waals surface area (Å²) in [5.41, 5.74) is 6.48. The van der Waals surface area contributed by atoms with Gasteiger partial charge in [0.15, 0.2) is 0 Å². The lowest BCUT2D eigenvalue weighted by molar-refractivity contribution is 0.310. The molecular weight excluding hydrogens is 234 g/mol. The molecule has 1 heterocycles. The van der Waals surface area contributed by atoms with E-state index in [1.54, 1.807) is 11.9 Å². The molecule has 0 spiro atoms. The SMILES string of the molecule is CSN1NC(NC(C)(C)C)=CC(=NC2CC2)N1. The molecule has 0 bridgehead atoms. The Bertz CT molecular complexity index is 340. The normalized spacial score (nSPS) is 24.0. The summed E-state index contributed by atoms with van der Waals surface area (Å²) < 4.78 is 1.86. The van der Waals surface area contributed by atoms with E-state index in [0.29, 0.717) is 6.04 Å². The molecule has 0 unspecified atom stereocenters. The van der Waals surface area contributed by atoms with Gasteiger partial charge in [0.1, 0.15) is 11.7 Å². The Labute approximate surface area is 107 Å². The first kappa shape index (κ1) is 12.6. The van der Waals surface area contributed by atoms with Crippen molar-refractivity contribution in [2.24, 2.45) is 4.99 Å². The molecule has 0 atom stereocenters. The van der Waals surface area contributed by atoms with Crippen LogP contribution in [0, 0.1) is 0 Å². The lowest BCUT2D eigenvalue weighted by atomic mass is 10.1. The van der Waals surface area contributed by atoms with E-state index in [-0.39, 0.29) is 5.54 Å². The smallest absolute Gasteiger partial charge is 0.141 e. The summed E-state index contributed by atoms with van der Waals surface area (Å²) in [5, 5.41) is 3.42. The highest BCUT2D eigenvalue weighted by Gasteiger charge is 2.23. The van der Waals surface area contributed by atoms with Crippen LogP contribution >= 0.6 is 11.9 Å². The van der Waals surface area contributed by atoms with Crippen LogP contribution in [0.5, 0.6) is 0 Å². The zero-order valence-electron chi connectivity index (χ0n) is 10.9.